The molecule has 2 aliphatic carbocycles. The first kappa shape index (κ1) is 15.6. The Bertz CT molecular complexity index is 739. The largest absolute Gasteiger partial charge is 0.364 e. The zero-order valence-corrected chi connectivity index (χ0v) is 14.2. The van der Waals surface area contributed by atoms with Gasteiger partial charge in [-0.05, 0) is 55.7 Å². The predicted octanol–water partition coefficient (Wildman–Crippen LogP) is 3.08. The fraction of sp³-hybridized carbons (Fsp3) is 0.579. The number of aryl methyl sites for hydroxylation is 1. The molecule has 0 radical (unpaired) electrons. The van der Waals surface area contributed by atoms with Crippen LogP contribution in [0, 0.1) is 18.8 Å². The van der Waals surface area contributed by atoms with E-state index in [9.17, 15) is 4.79 Å². The van der Waals surface area contributed by atoms with E-state index in [0.29, 0.717) is 18.6 Å². The molecule has 0 saturated heterocycles. The van der Waals surface area contributed by atoms with Crippen molar-refractivity contribution in [2.75, 3.05) is 6.61 Å². The van der Waals surface area contributed by atoms with E-state index in [-0.39, 0.29) is 12.5 Å². The molecule has 1 amide bonds. The van der Waals surface area contributed by atoms with Crippen LogP contribution < -0.4 is 5.32 Å². The lowest BCUT2D eigenvalue weighted by atomic mass is 9.98. The fourth-order valence-electron chi connectivity index (χ4n) is 4.47. The van der Waals surface area contributed by atoms with Crippen LogP contribution in [-0.4, -0.2) is 28.5 Å². The number of nitrogens with one attached hydrogen (secondary N) is 2. The number of benzene rings is 1. The number of carbonyl (C=O) groups is 1. The summed E-state index contributed by atoms with van der Waals surface area (Å²) in [6, 6.07) is 6.47. The van der Waals surface area contributed by atoms with Gasteiger partial charge in [0.2, 0.25) is 5.91 Å². The van der Waals surface area contributed by atoms with Crippen LogP contribution in [0.25, 0.3) is 11.0 Å². The van der Waals surface area contributed by atoms with Crippen LogP contribution in [-0.2, 0) is 16.1 Å². The summed E-state index contributed by atoms with van der Waals surface area (Å²) in [7, 11) is 0. The summed E-state index contributed by atoms with van der Waals surface area (Å²) >= 11 is 0. The number of aromatic nitrogens is 2. The van der Waals surface area contributed by atoms with Crippen LogP contribution >= 0.6 is 0 Å². The second kappa shape index (κ2) is 6.55. The van der Waals surface area contributed by atoms with Gasteiger partial charge >= 0.3 is 0 Å². The van der Waals surface area contributed by atoms with Gasteiger partial charge in [0.1, 0.15) is 19.0 Å². The summed E-state index contributed by atoms with van der Waals surface area (Å²) in [5, 5.41) is 3.18. The molecule has 5 nitrogen and oxygen atoms in total. The number of carbonyl (C=O) groups excluding carboxylic acids is 1. The molecule has 0 bridgehead atoms. The van der Waals surface area contributed by atoms with E-state index >= 15 is 0 Å². The van der Waals surface area contributed by atoms with Gasteiger partial charge in [0.15, 0.2) is 0 Å². The number of fused-ring (bicyclic) bond motifs is 2. The highest BCUT2D eigenvalue weighted by Gasteiger charge is 2.39. The van der Waals surface area contributed by atoms with Crippen LogP contribution in [0.3, 0.4) is 0 Å². The molecule has 0 aliphatic heterocycles. The van der Waals surface area contributed by atoms with E-state index in [2.05, 4.69) is 28.3 Å². The highest BCUT2D eigenvalue weighted by atomic mass is 16.5. The molecular formula is C19H25N3O2. The second-order valence-corrected chi connectivity index (χ2v) is 7.30. The summed E-state index contributed by atoms with van der Waals surface area (Å²) in [6.45, 7) is 2.49. The van der Waals surface area contributed by atoms with E-state index in [1.54, 1.807) is 0 Å². The van der Waals surface area contributed by atoms with Gasteiger partial charge in [0.25, 0.3) is 0 Å². The maximum absolute atomic E-state index is 12.1. The second-order valence-electron chi connectivity index (χ2n) is 7.30. The van der Waals surface area contributed by atoms with Crippen LogP contribution in [0.5, 0.6) is 0 Å². The van der Waals surface area contributed by atoms with Gasteiger partial charge in [0, 0.05) is 6.04 Å². The number of rotatable bonds is 5. The Balaban J connectivity index is 1.26. The number of imidazole rings is 1. The average Bonchev–Trinajstić information content (AvgIpc) is 3.23. The molecule has 2 aromatic rings. The molecule has 5 heteroatoms. The molecular weight excluding hydrogens is 302 g/mol. The van der Waals surface area contributed by atoms with E-state index in [4.69, 9.17) is 4.74 Å². The Hall–Kier alpha value is -1.88. The Morgan fingerprint density at radius 2 is 2.25 bits per heavy atom. The molecule has 1 aromatic carbocycles. The number of aromatic amines is 1. The quantitative estimate of drug-likeness (QED) is 0.887. The Morgan fingerprint density at radius 3 is 3.17 bits per heavy atom. The zero-order chi connectivity index (χ0) is 16.5. The topological polar surface area (TPSA) is 67.0 Å². The first-order valence-corrected chi connectivity index (χ1v) is 9.01. The van der Waals surface area contributed by atoms with Crippen molar-refractivity contribution in [3.05, 3.63) is 29.6 Å². The lowest BCUT2D eigenvalue weighted by molar-refractivity contribution is -0.127. The van der Waals surface area contributed by atoms with Gasteiger partial charge in [-0.2, -0.15) is 0 Å². The SMILES string of the molecule is Cc1ccc2nc(COCC(=O)N[C@H]3CC[C@@H]4CCC[C@@H]43)[nH]c2c1. The predicted molar refractivity (Wildman–Crippen MR) is 92.5 cm³/mol. The molecule has 3 atom stereocenters. The lowest BCUT2D eigenvalue weighted by Crippen LogP contribution is -2.39. The van der Waals surface area contributed by atoms with Gasteiger partial charge in [-0.25, -0.2) is 4.98 Å². The minimum absolute atomic E-state index is 0.000458. The molecule has 0 spiro atoms. The van der Waals surface area contributed by atoms with Crippen LogP contribution in [0.2, 0.25) is 0 Å². The summed E-state index contributed by atoms with van der Waals surface area (Å²) < 4.78 is 5.56. The maximum Gasteiger partial charge on any atom is 0.246 e. The number of ether oxygens (including phenoxy) is 1. The van der Waals surface area contributed by atoms with Gasteiger partial charge < -0.3 is 15.0 Å². The van der Waals surface area contributed by atoms with Crippen LogP contribution in [0.4, 0.5) is 0 Å². The molecule has 128 valence electrons. The van der Waals surface area contributed by atoms with Crippen LogP contribution in [0.15, 0.2) is 18.2 Å². The lowest BCUT2D eigenvalue weighted by Gasteiger charge is -2.19. The molecule has 2 N–H and O–H groups in total. The van der Waals surface area contributed by atoms with Crippen molar-refractivity contribution in [1.29, 1.82) is 0 Å². The zero-order valence-electron chi connectivity index (χ0n) is 14.2. The minimum atomic E-state index is -0.000458. The van der Waals surface area contributed by atoms with Gasteiger partial charge in [0.05, 0.1) is 11.0 Å². The normalized spacial score (nSPS) is 26.0. The van der Waals surface area contributed by atoms with Crippen molar-refractivity contribution >= 4 is 16.9 Å². The van der Waals surface area contributed by atoms with Crippen molar-refractivity contribution in [3.63, 3.8) is 0 Å². The number of amides is 1. The third-order valence-corrected chi connectivity index (χ3v) is 5.59. The van der Waals surface area contributed by atoms with E-state index in [1.165, 1.54) is 31.2 Å². The Kier molecular flexibility index (Phi) is 4.27. The third kappa shape index (κ3) is 3.18. The molecule has 2 aliphatic rings. The smallest absolute Gasteiger partial charge is 0.246 e. The van der Waals surface area contributed by atoms with Gasteiger partial charge in [-0.15, -0.1) is 0 Å². The monoisotopic (exact) mass is 327 g/mol. The highest BCUT2D eigenvalue weighted by Crippen LogP contribution is 2.43. The number of nitrogens with zero attached hydrogens (tertiary/aromatic N) is 1. The van der Waals surface area contributed by atoms with Crippen molar-refractivity contribution in [3.8, 4) is 0 Å². The number of H-pyrrole nitrogens is 1. The summed E-state index contributed by atoms with van der Waals surface area (Å²) in [6.07, 6.45) is 6.34. The summed E-state index contributed by atoms with van der Waals surface area (Å²) in [5.74, 6) is 2.31. The van der Waals surface area contributed by atoms with E-state index < -0.39 is 0 Å². The van der Waals surface area contributed by atoms with Crippen molar-refractivity contribution < 1.29 is 9.53 Å². The number of hydrogen-bond donors (Lipinski definition) is 2. The van der Waals surface area contributed by atoms with Crippen LogP contribution in [0.1, 0.15) is 43.5 Å². The van der Waals surface area contributed by atoms with Gasteiger partial charge in [-0.1, -0.05) is 18.9 Å². The van der Waals surface area contributed by atoms with E-state index in [1.807, 2.05) is 12.1 Å². The maximum atomic E-state index is 12.1. The van der Waals surface area contributed by atoms with Gasteiger partial charge in [-0.3, -0.25) is 4.79 Å². The molecule has 2 fully saturated rings. The molecule has 0 unspecified atom stereocenters. The average molecular weight is 327 g/mol. The molecule has 1 heterocycles. The molecule has 4 rings (SSSR count). The van der Waals surface area contributed by atoms with Crippen molar-refractivity contribution in [2.24, 2.45) is 11.8 Å². The first-order chi connectivity index (χ1) is 11.7. The molecule has 1 aromatic heterocycles. The Labute approximate surface area is 142 Å². The summed E-state index contributed by atoms with van der Waals surface area (Å²) in [4.78, 5) is 19.9. The minimum Gasteiger partial charge on any atom is -0.364 e. The summed E-state index contributed by atoms with van der Waals surface area (Å²) in [5.41, 5.74) is 3.14. The first-order valence-electron chi connectivity index (χ1n) is 9.01. The molecule has 2 saturated carbocycles. The standard InChI is InChI=1S/C19H25N3O2/c1-12-5-7-16-17(9-12)21-18(20-16)10-24-11-19(23)22-15-8-6-13-3-2-4-14(13)15/h5,7,9,13-15H,2-4,6,8,10-11H2,1H3,(H,20,21)(H,22,23)/t13-,14-,15-/m0/s1. The third-order valence-electron chi connectivity index (χ3n) is 5.59. The number of hydrogen-bond acceptors (Lipinski definition) is 3. The molecule has 24 heavy (non-hydrogen) atoms. The van der Waals surface area contributed by atoms with E-state index in [0.717, 1.165) is 29.2 Å². The van der Waals surface area contributed by atoms with Crippen molar-refractivity contribution in [1.82, 2.24) is 15.3 Å². The Morgan fingerprint density at radius 1 is 1.33 bits per heavy atom. The fourth-order valence-corrected chi connectivity index (χ4v) is 4.47. The highest BCUT2D eigenvalue weighted by molar-refractivity contribution is 5.77. The van der Waals surface area contributed by atoms with Crippen molar-refractivity contribution in [2.45, 2.75) is 51.7 Å².